The van der Waals surface area contributed by atoms with Crippen LogP contribution in [0.15, 0.2) is 56.0 Å². The lowest BCUT2D eigenvalue weighted by molar-refractivity contribution is -0.0875. The highest BCUT2D eigenvalue weighted by molar-refractivity contribution is 9.28. The zero-order chi connectivity index (χ0) is 15.8. The van der Waals surface area contributed by atoms with E-state index in [9.17, 15) is 13.2 Å². The van der Waals surface area contributed by atoms with Gasteiger partial charge in [-0.3, -0.25) is 0 Å². The molecule has 0 aromatic heterocycles. The second-order valence-corrected chi connectivity index (χ2v) is 7.49. The molecule has 0 atom stereocenters. The minimum absolute atomic E-state index is 0.0931. The van der Waals surface area contributed by atoms with Gasteiger partial charge in [0.15, 0.2) is 0 Å². The van der Waals surface area contributed by atoms with Crippen LogP contribution in [0.2, 0.25) is 0 Å². The predicted molar refractivity (Wildman–Crippen MR) is 85.9 cm³/mol. The van der Waals surface area contributed by atoms with Crippen molar-refractivity contribution in [3.05, 3.63) is 61.6 Å². The van der Waals surface area contributed by atoms with Gasteiger partial charge in [0, 0.05) is 21.2 Å². The molecule has 0 heterocycles. The summed E-state index contributed by atoms with van der Waals surface area (Å²) in [5.41, 5.74) is 0.167. The number of hydrogen-bond acceptors (Lipinski definition) is 1. The van der Waals surface area contributed by atoms with Crippen LogP contribution in [0.3, 0.4) is 0 Å². The van der Waals surface area contributed by atoms with Gasteiger partial charge >= 0.3 is 6.18 Å². The third-order valence-corrected chi connectivity index (χ3v) is 4.42. The molecule has 108 valence electrons. The van der Waals surface area contributed by atoms with E-state index in [0.717, 1.165) is 5.56 Å². The molecular weight excluding hydrogens is 479 g/mol. The van der Waals surface area contributed by atoms with Gasteiger partial charge < -0.3 is 0 Å². The van der Waals surface area contributed by atoms with Gasteiger partial charge in [0.1, 0.15) is 11.6 Å². The minimum atomic E-state index is -4.68. The van der Waals surface area contributed by atoms with Gasteiger partial charge in [0.25, 0.3) is 0 Å². The van der Waals surface area contributed by atoms with Crippen molar-refractivity contribution in [3.8, 4) is 6.07 Å². The summed E-state index contributed by atoms with van der Waals surface area (Å²) < 4.78 is 39.6. The first-order valence-electron chi connectivity index (χ1n) is 5.52. The van der Waals surface area contributed by atoms with Gasteiger partial charge in [-0.2, -0.15) is 18.4 Å². The van der Waals surface area contributed by atoms with Crippen molar-refractivity contribution < 1.29 is 13.2 Å². The van der Waals surface area contributed by atoms with Crippen molar-refractivity contribution in [2.45, 2.75) is 6.18 Å². The number of halogens is 6. The van der Waals surface area contributed by atoms with Crippen LogP contribution in [-0.2, 0) is 0 Å². The van der Waals surface area contributed by atoms with E-state index in [1.807, 2.05) is 6.07 Å². The Labute approximate surface area is 144 Å². The van der Waals surface area contributed by atoms with Crippen LogP contribution in [0, 0.1) is 11.3 Å². The summed E-state index contributed by atoms with van der Waals surface area (Å²) in [7, 11) is 0. The Morgan fingerprint density at radius 2 is 1.52 bits per heavy atom. The second kappa shape index (κ2) is 6.11. The summed E-state index contributed by atoms with van der Waals surface area (Å²) in [6.45, 7) is 0. The Morgan fingerprint density at radius 1 is 0.952 bits per heavy atom. The van der Waals surface area contributed by atoms with E-state index in [-0.39, 0.29) is 5.57 Å². The smallest absolute Gasteiger partial charge is 0.192 e. The van der Waals surface area contributed by atoms with Gasteiger partial charge in [-0.05, 0) is 53.4 Å². The molecule has 2 rings (SSSR count). The van der Waals surface area contributed by atoms with E-state index in [1.54, 1.807) is 24.3 Å². The normalized spacial score (nSPS) is 19.0. The first-order valence-corrected chi connectivity index (χ1v) is 7.90. The Hall–Kier alpha value is -0.840. The predicted octanol–water partition coefficient (Wildman–Crippen LogP) is 6.19. The first kappa shape index (κ1) is 16.5. The lowest BCUT2D eigenvalue weighted by atomic mass is 10.2. The SMILES string of the molecule is N#C/C(=C1/C(=C(Br)Br)/C1=C(/Br)c1ccccc1)C(F)(F)F. The van der Waals surface area contributed by atoms with E-state index < -0.39 is 11.7 Å². The molecule has 1 aliphatic carbocycles. The zero-order valence-corrected chi connectivity index (χ0v) is 14.9. The average molecular weight is 484 g/mol. The number of hydrogen-bond donors (Lipinski definition) is 0. The number of rotatable bonds is 1. The molecule has 7 heteroatoms. The number of nitriles is 1. The van der Waals surface area contributed by atoms with E-state index in [1.165, 1.54) is 6.07 Å². The van der Waals surface area contributed by atoms with E-state index >= 15 is 0 Å². The molecule has 0 bridgehead atoms. The average Bonchev–Trinajstić information content (AvgIpc) is 3.13. The fourth-order valence-electron chi connectivity index (χ4n) is 1.84. The molecule has 0 N–H and O–H groups in total. The topological polar surface area (TPSA) is 23.8 Å². The third-order valence-electron chi connectivity index (χ3n) is 2.77. The Morgan fingerprint density at radius 3 is 1.95 bits per heavy atom. The van der Waals surface area contributed by atoms with Crippen LogP contribution in [0.25, 0.3) is 4.48 Å². The van der Waals surface area contributed by atoms with Crippen molar-refractivity contribution in [2.24, 2.45) is 0 Å². The number of alkyl halides is 3. The van der Waals surface area contributed by atoms with Crippen molar-refractivity contribution in [2.75, 3.05) is 0 Å². The maximum Gasteiger partial charge on any atom is 0.426 e. The fourth-order valence-corrected chi connectivity index (χ4v) is 3.29. The van der Waals surface area contributed by atoms with Gasteiger partial charge in [-0.15, -0.1) is 0 Å². The van der Waals surface area contributed by atoms with Gasteiger partial charge in [-0.1, -0.05) is 30.3 Å². The van der Waals surface area contributed by atoms with E-state index in [2.05, 4.69) is 47.8 Å². The summed E-state index contributed by atoms with van der Waals surface area (Å²) in [5.74, 6) is 0. The lowest BCUT2D eigenvalue weighted by Crippen LogP contribution is -2.10. The molecule has 1 nitrogen and oxygen atoms in total. The fraction of sp³-hybridized carbons (Fsp3) is 0.0714. The molecular formula is C14H5Br3F3N. The summed E-state index contributed by atoms with van der Waals surface area (Å²) in [4.78, 5) is 0. The Kier molecular flexibility index (Phi) is 4.81. The lowest BCUT2D eigenvalue weighted by Gasteiger charge is -2.02. The highest BCUT2D eigenvalue weighted by atomic mass is 79.9. The molecule has 0 unspecified atom stereocenters. The molecule has 0 spiro atoms. The van der Waals surface area contributed by atoms with E-state index in [4.69, 9.17) is 5.26 Å². The van der Waals surface area contributed by atoms with E-state index in [0.29, 0.717) is 19.0 Å². The van der Waals surface area contributed by atoms with Crippen LogP contribution >= 0.6 is 47.8 Å². The quantitative estimate of drug-likeness (QED) is 0.437. The standard InChI is InChI=1S/C14H5Br3F3N/c15-12(7-4-2-1-3-5-7)10-9(11(10)13(16)17)8(6-21)14(18,19)20/h1-5H/b9-8-,12-10+. The Balaban J connectivity index is 2.69. The molecule has 0 amide bonds. The van der Waals surface area contributed by atoms with Crippen molar-refractivity contribution in [1.82, 2.24) is 0 Å². The molecule has 0 saturated heterocycles. The molecule has 1 aliphatic rings. The highest BCUT2D eigenvalue weighted by Crippen LogP contribution is 2.57. The number of nitrogens with zero attached hydrogens (tertiary/aromatic N) is 1. The first-order chi connectivity index (χ1) is 9.79. The van der Waals surface area contributed by atoms with Crippen molar-refractivity contribution in [3.63, 3.8) is 0 Å². The number of benzene rings is 1. The van der Waals surface area contributed by atoms with Gasteiger partial charge in [-0.25, -0.2) is 0 Å². The van der Waals surface area contributed by atoms with Gasteiger partial charge in [0.2, 0.25) is 0 Å². The van der Waals surface area contributed by atoms with Crippen molar-refractivity contribution in [1.29, 1.82) is 5.26 Å². The van der Waals surface area contributed by atoms with Crippen LogP contribution in [-0.4, -0.2) is 6.18 Å². The molecule has 1 saturated carbocycles. The maximum absolute atomic E-state index is 12.9. The maximum atomic E-state index is 12.9. The van der Waals surface area contributed by atoms with Crippen LogP contribution < -0.4 is 0 Å². The van der Waals surface area contributed by atoms with Crippen LogP contribution in [0.5, 0.6) is 0 Å². The zero-order valence-electron chi connectivity index (χ0n) is 10.1. The summed E-state index contributed by atoms with van der Waals surface area (Å²) in [6, 6.07) is 10.2. The molecule has 1 fully saturated rings. The monoisotopic (exact) mass is 481 g/mol. The Bertz CT molecular complexity index is 718. The summed E-state index contributed by atoms with van der Waals surface area (Å²) in [5, 5.41) is 8.82. The largest absolute Gasteiger partial charge is 0.426 e. The molecule has 0 aliphatic heterocycles. The summed E-state index contributed by atoms with van der Waals surface area (Å²) in [6.07, 6.45) is -4.68. The number of allylic oxidation sites excluding steroid dienone is 4. The van der Waals surface area contributed by atoms with Gasteiger partial charge in [0.05, 0.1) is 3.39 Å². The molecule has 21 heavy (non-hydrogen) atoms. The molecule has 1 aromatic carbocycles. The van der Waals surface area contributed by atoms with Crippen LogP contribution in [0.4, 0.5) is 13.2 Å². The second-order valence-electron chi connectivity index (χ2n) is 4.05. The van der Waals surface area contributed by atoms with Crippen molar-refractivity contribution >= 4 is 52.3 Å². The van der Waals surface area contributed by atoms with Crippen LogP contribution in [0.1, 0.15) is 5.56 Å². The molecule has 1 aromatic rings. The molecule has 0 radical (unpaired) electrons. The highest BCUT2D eigenvalue weighted by Gasteiger charge is 2.47. The minimum Gasteiger partial charge on any atom is -0.192 e. The third kappa shape index (κ3) is 3.33. The summed E-state index contributed by atoms with van der Waals surface area (Å²) >= 11 is 9.55.